The largest absolute Gasteiger partial charge is 0.352 e. The number of rotatable bonds is 6. The summed E-state index contributed by atoms with van der Waals surface area (Å²) in [6.45, 7) is 1.05. The lowest BCUT2D eigenvalue weighted by molar-refractivity contribution is 0.0955. The topological polar surface area (TPSA) is 55.1 Å². The van der Waals surface area contributed by atoms with Crippen molar-refractivity contribution in [2.45, 2.75) is 13.0 Å². The molecule has 126 valence electrons. The van der Waals surface area contributed by atoms with E-state index in [1.54, 1.807) is 0 Å². The van der Waals surface area contributed by atoms with Crippen LogP contribution in [0.2, 0.25) is 0 Å². The Morgan fingerprint density at radius 1 is 0.800 bits per heavy atom. The first-order chi connectivity index (χ1) is 12.3. The van der Waals surface area contributed by atoms with Gasteiger partial charge in [-0.2, -0.15) is 0 Å². The number of nitrogens with two attached hydrogens (primary N) is 1. The molecule has 3 heteroatoms. The first-order valence-electron chi connectivity index (χ1n) is 8.49. The molecule has 0 fully saturated rings. The third kappa shape index (κ3) is 4.14. The minimum atomic E-state index is -0.0571. The van der Waals surface area contributed by atoms with Crippen molar-refractivity contribution in [2.75, 3.05) is 6.54 Å². The summed E-state index contributed by atoms with van der Waals surface area (Å²) in [6.07, 6.45) is 0.814. The zero-order valence-corrected chi connectivity index (χ0v) is 14.1. The molecule has 0 bridgehead atoms. The number of carbonyl (C=O) groups is 1. The van der Waals surface area contributed by atoms with Gasteiger partial charge in [-0.15, -0.1) is 0 Å². The summed E-state index contributed by atoms with van der Waals surface area (Å²) in [4.78, 5) is 12.7. The lowest BCUT2D eigenvalue weighted by Crippen LogP contribution is -2.26. The average Bonchev–Trinajstić information content (AvgIpc) is 2.68. The van der Waals surface area contributed by atoms with Crippen LogP contribution in [0.4, 0.5) is 0 Å². The van der Waals surface area contributed by atoms with Crippen molar-refractivity contribution in [3.63, 3.8) is 0 Å². The Balaban J connectivity index is 1.77. The Labute approximate surface area is 148 Å². The van der Waals surface area contributed by atoms with Crippen LogP contribution in [0.3, 0.4) is 0 Å². The molecule has 0 heterocycles. The molecule has 25 heavy (non-hydrogen) atoms. The molecule has 3 aromatic rings. The van der Waals surface area contributed by atoms with Crippen LogP contribution in [0.5, 0.6) is 0 Å². The SMILES string of the molecule is NCc1ccccc1-c1ccccc1C(=O)NCCc1ccccc1. The predicted molar refractivity (Wildman–Crippen MR) is 102 cm³/mol. The Kier molecular flexibility index (Phi) is 5.60. The number of amides is 1. The molecule has 3 nitrogen and oxygen atoms in total. The highest BCUT2D eigenvalue weighted by molar-refractivity contribution is 6.01. The molecular weight excluding hydrogens is 308 g/mol. The number of hydrogen-bond acceptors (Lipinski definition) is 2. The van der Waals surface area contributed by atoms with Crippen molar-refractivity contribution >= 4 is 5.91 Å². The molecule has 0 aromatic heterocycles. The highest BCUT2D eigenvalue weighted by Gasteiger charge is 2.13. The fourth-order valence-corrected chi connectivity index (χ4v) is 2.94. The van der Waals surface area contributed by atoms with Crippen molar-refractivity contribution in [1.29, 1.82) is 0 Å². The van der Waals surface area contributed by atoms with Gasteiger partial charge in [0, 0.05) is 18.7 Å². The van der Waals surface area contributed by atoms with Gasteiger partial charge in [-0.1, -0.05) is 72.8 Å². The van der Waals surface area contributed by atoms with E-state index >= 15 is 0 Å². The predicted octanol–water partition coefficient (Wildman–Crippen LogP) is 3.78. The molecule has 3 aromatic carbocycles. The van der Waals surface area contributed by atoms with Crippen LogP contribution in [-0.2, 0) is 13.0 Å². The van der Waals surface area contributed by atoms with Gasteiger partial charge in [-0.05, 0) is 34.7 Å². The smallest absolute Gasteiger partial charge is 0.251 e. The van der Waals surface area contributed by atoms with E-state index in [4.69, 9.17) is 5.73 Å². The summed E-state index contributed by atoms with van der Waals surface area (Å²) in [7, 11) is 0. The standard InChI is InChI=1S/C22H22N2O/c23-16-18-10-4-5-11-19(18)20-12-6-7-13-21(20)22(25)24-15-14-17-8-2-1-3-9-17/h1-13H,14-16,23H2,(H,24,25). The van der Waals surface area contributed by atoms with Gasteiger partial charge in [0.05, 0.1) is 0 Å². The molecule has 0 spiro atoms. The van der Waals surface area contributed by atoms with Crippen LogP contribution < -0.4 is 11.1 Å². The number of carbonyl (C=O) groups excluding carboxylic acids is 1. The molecule has 1 amide bonds. The number of nitrogens with one attached hydrogen (secondary N) is 1. The van der Waals surface area contributed by atoms with Crippen LogP contribution in [0.25, 0.3) is 11.1 Å². The van der Waals surface area contributed by atoms with Gasteiger partial charge in [0.2, 0.25) is 0 Å². The first kappa shape index (κ1) is 16.9. The lowest BCUT2D eigenvalue weighted by Gasteiger charge is -2.13. The summed E-state index contributed by atoms with van der Waals surface area (Å²) in [6, 6.07) is 25.8. The summed E-state index contributed by atoms with van der Waals surface area (Å²) in [5.74, 6) is -0.0571. The zero-order valence-electron chi connectivity index (χ0n) is 14.1. The number of hydrogen-bond donors (Lipinski definition) is 2. The van der Waals surface area contributed by atoms with Crippen molar-refractivity contribution in [3.8, 4) is 11.1 Å². The molecule has 3 rings (SSSR count). The van der Waals surface area contributed by atoms with E-state index in [1.807, 2.05) is 66.7 Å². The maximum Gasteiger partial charge on any atom is 0.251 e. The van der Waals surface area contributed by atoms with Crippen molar-refractivity contribution in [3.05, 3.63) is 95.6 Å². The molecule has 0 radical (unpaired) electrons. The van der Waals surface area contributed by atoms with Crippen molar-refractivity contribution < 1.29 is 4.79 Å². The second kappa shape index (κ2) is 8.27. The summed E-state index contributed by atoms with van der Waals surface area (Å²) in [5.41, 5.74) is 10.7. The van der Waals surface area contributed by atoms with Crippen molar-refractivity contribution in [1.82, 2.24) is 5.32 Å². The molecule has 0 saturated carbocycles. The highest BCUT2D eigenvalue weighted by Crippen LogP contribution is 2.27. The molecular formula is C22H22N2O. The van der Waals surface area contributed by atoms with Gasteiger partial charge in [-0.3, -0.25) is 4.79 Å². The summed E-state index contributed by atoms with van der Waals surface area (Å²) >= 11 is 0. The highest BCUT2D eigenvalue weighted by atomic mass is 16.1. The van der Waals surface area contributed by atoms with Gasteiger partial charge in [-0.25, -0.2) is 0 Å². The second-order valence-electron chi connectivity index (χ2n) is 5.90. The van der Waals surface area contributed by atoms with Crippen LogP contribution in [0.15, 0.2) is 78.9 Å². The third-order valence-corrected chi connectivity index (χ3v) is 4.24. The maximum absolute atomic E-state index is 12.7. The van der Waals surface area contributed by atoms with Gasteiger partial charge in [0.25, 0.3) is 5.91 Å². The third-order valence-electron chi connectivity index (χ3n) is 4.24. The molecule has 0 aliphatic carbocycles. The Hall–Kier alpha value is -2.91. The van der Waals surface area contributed by atoms with Crippen LogP contribution in [0, 0.1) is 0 Å². The minimum Gasteiger partial charge on any atom is -0.352 e. The average molecular weight is 330 g/mol. The fourth-order valence-electron chi connectivity index (χ4n) is 2.94. The molecule has 0 aliphatic rings. The quantitative estimate of drug-likeness (QED) is 0.722. The zero-order chi connectivity index (χ0) is 17.5. The van der Waals surface area contributed by atoms with E-state index in [1.165, 1.54) is 5.56 Å². The lowest BCUT2D eigenvalue weighted by atomic mass is 9.95. The van der Waals surface area contributed by atoms with E-state index in [9.17, 15) is 4.79 Å². The normalized spacial score (nSPS) is 10.4. The molecule has 0 unspecified atom stereocenters. The minimum absolute atomic E-state index is 0.0571. The molecule has 0 aliphatic heterocycles. The Morgan fingerprint density at radius 3 is 2.20 bits per heavy atom. The summed E-state index contributed by atoms with van der Waals surface area (Å²) < 4.78 is 0. The van der Waals surface area contributed by atoms with Crippen LogP contribution >= 0.6 is 0 Å². The first-order valence-corrected chi connectivity index (χ1v) is 8.49. The molecule has 0 saturated heterocycles. The van der Waals surface area contributed by atoms with E-state index in [-0.39, 0.29) is 5.91 Å². The van der Waals surface area contributed by atoms with Crippen LogP contribution in [0.1, 0.15) is 21.5 Å². The Bertz CT molecular complexity index is 843. The fraction of sp³-hybridized carbons (Fsp3) is 0.136. The van der Waals surface area contributed by atoms with Gasteiger partial charge in [0.15, 0.2) is 0 Å². The van der Waals surface area contributed by atoms with Crippen molar-refractivity contribution in [2.24, 2.45) is 5.73 Å². The van der Waals surface area contributed by atoms with E-state index in [0.717, 1.165) is 23.1 Å². The Morgan fingerprint density at radius 2 is 1.44 bits per heavy atom. The van der Waals surface area contributed by atoms with Gasteiger partial charge in [0.1, 0.15) is 0 Å². The number of benzene rings is 3. The van der Waals surface area contributed by atoms with Crippen LogP contribution in [-0.4, -0.2) is 12.5 Å². The maximum atomic E-state index is 12.7. The molecule has 0 atom stereocenters. The van der Waals surface area contributed by atoms with Gasteiger partial charge < -0.3 is 11.1 Å². The van der Waals surface area contributed by atoms with E-state index in [0.29, 0.717) is 18.7 Å². The van der Waals surface area contributed by atoms with E-state index < -0.39 is 0 Å². The second-order valence-corrected chi connectivity index (χ2v) is 5.90. The van der Waals surface area contributed by atoms with E-state index in [2.05, 4.69) is 17.4 Å². The monoisotopic (exact) mass is 330 g/mol. The van der Waals surface area contributed by atoms with Gasteiger partial charge >= 0.3 is 0 Å². The summed E-state index contributed by atoms with van der Waals surface area (Å²) in [5, 5.41) is 3.02. The molecule has 3 N–H and O–H groups in total.